The molecule has 0 aromatic carbocycles. The summed E-state index contributed by atoms with van der Waals surface area (Å²) < 4.78 is 69.3. The van der Waals surface area contributed by atoms with Crippen molar-refractivity contribution in [1.82, 2.24) is 15.0 Å². The Morgan fingerprint density at radius 2 is 0.593 bits per heavy atom. The van der Waals surface area contributed by atoms with Gasteiger partial charge in [-0.1, -0.05) is 0 Å². The van der Waals surface area contributed by atoms with Crippen LogP contribution in [0.25, 0.3) is 0 Å². The summed E-state index contributed by atoms with van der Waals surface area (Å²) in [6.07, 6.45) is 0. The van der Waals surface area contributed by atoms with Crippen molar-refractivity contribution in [2.75, 3.05) is 0 Å². The number of aromatic nitrogens is 3. The summed E-state index contributed by atoms with van der Waals surface area (Å²) in [5.41, 5.74) is 0. The SMILES string of the molecule is O=S(=O)(c1nc(S(=O)(=O)C(Br)(Br)Br)nc(S(=O)(=O)C(Br)(Br)Br)n1)C(Br)(Br)Br. The summed E-state index contributed by atoms with van der Waals surface area (Å²) in [5, 5.41) is -3.43. The Morgan fingerprint density at radius 3 is 0.704 bits per heavy atom. The lowest BCUT2D eigenvalue weighted by Crippen LogP contribution is -2.29. The molecule has 0 radical (unpaired) electrons. The van der Waals surface area contributed by atoms with Gasteiger partial charge in [0.25, 0.3) is 15.5 Å². The van der Waals surface area contributed by atoms with Crippen LogP contribution in [-0.2, 0) is 29.5 Å². The first-order valence-corrected chi connectivity index (χ1v) is 16.9. The molecule has 1 heterocycles. The molecule has 0 atom stereocenters. The summed E-state index contributed by atoms with van der Waals surface area (Å²) in [5.74, 6) is 0. The zero-order chi connectivity index (χ0) is 21.9. The topological polar surface area (TPSA) is 141 Å². The molecule has 0 amide bonds. The first-order chi connectivity index (χ1) is 11.6. The predicted molar refractivity (Wildman–Crippen MR) is 130 cm³/mol. The van der Waals surface area contributed by atoms with E-state index in [0.717, 1.165) is 0 Å². The third kappa shape index (κ3) is 5.95. The lowest BCUT2D eigenvalue weighted by atomic mass is 11.1. The number of hydrogen-bond acceptors (Lipinski definition) is 9. The Bertz CT molecular complexity index is 917. The number of hydrogen-bond donors (Lipinski definition) is 0. The van der Waals surface area contributed by atoms with Crippen LogP contribution in [-0.4, -0.2) is 44.6 Å². The Morgan fingerprint density at radius 1 is 0.444 bits per heavy atom. The van der Waals surface area contributed by atoms with Gasteiger partial charge < -0.3 is 0 Å². The lowest BCUT2D eigenvalue weighted by molar-refractivity contribution is 0.550. The lowest BCUT2D eigenvalue weighted by Gasteiger charge is -2.17. The van der Waals surface area contributed by atoms with Crippen LogP contribution in [0.5, 0.6) is 0 Å². The van der Waals surface area contributed by atoms with Crippen molar-refractivity contribution in [3.8, 4) is 0 Å². The summed E-state index contributed by atoms with van der Waals surface area (Å²) in [7, 11) is -13.7. The molecule has 0 fully saturated rings. The van der Waals surface area contributed by atoms with Crippen LogP contribution in [0.15, 0.2) is 15.5 Å². The van der Waals surface area contributed by atoms with Crippen LogP contribution in [0.3, 0.4) is 0 Å². The third-order valence-corrected chi connectivity index (χ3v) is 17.5. The smallest absolute Gasteiger partial charge is 0.217 e. The standard InChI is InChI=1S/C6Br9N3O6S3/c7-4(8,9)25(19,20)1-16-2(26(21,22)5(10,11)12)18-3(17-1)27(23,24)6(13,14)15. The van der Waals surface area contributed by atoms with E-state index in [0.29, 0.717) is 0 Å². The maximum Gasteiger partial charge on any atom is 0.255 e. The van der Waals surface area contributed by atoms with E-state index in [1.165, 1.54) is 0 Å². The van der Waals surface area contributed by atoms with Crippen molar-refractivity contribution in [1.29, 1.82) is 0 Å². The number of rotatable bonds is 3. The second-order valence-electron chi connectivity index (χ2n) is 4.03. The zero-order valence-corrected chi connectivity index (χ0v) is 28.1. The molecule has 0 aliphatic heterocycles. The molecule has 0 saturated heterocycles. The fourth-order valence-electron chi connectivity index (χ4n) is 0.992. The van der Waals surface area contributed by atoms with Crippen LogP contribution >= 0.6 is 143 Å². The summed E-state index contributed by atoms with van der Waals surface area (Å²) >= 11 is 24.8. The Balaban J connectivity index is 4.08. The largest absolute Gasteiger partial charge is 0.255 e. The van der Waals surface area contributed by atoms with E-state index >= 15 is 0 Å². The highest BCUT2D eigenvalue weighted by molar-refractivity contribution is 9.43. The number of nitrogens with zero attached hydrogens (tertiary/aromatic N) is 3. The maximum atomic E-state index is 12.6. The third-order valence-electron chi connectivity index (χ3n) is 2.21. The summed E-state index contributed by atoms with van der Waals surface area (Å²) in [4.78, 5) is 10.3. The van der Waals surface area contributed by atoms with Crippen LogP contribution in [0, 0.1) is 0 Å². The highest BCUT2D eigenvalue weighted by Crippen LogP contribution is 2.46. The monoisotopic (exact) mass is 1020 g/mol. The minimum absolute atomic E-state index is 1.14. The van der Waals surface area contributed by atoms with Crippen molar-refractivity contribution >= 4 is 173 Å². The summed E-state index contributed by atoms with van der Waals surface area (Å²) in [6, 6.07) is 0. The van der Waals surface area contributed by atoms with Gasteiger partial charge in [0, 0.05) is 0 Å². The van der Waals surface area contributed by atoms with Crippen LogP contribution in [0.1, 0.15) is 0 Å². The van der Waals surface area contributed by atoms with E-state index in [1.807, 2.05) is 0 Å². The quantitative estimate of drug-likeness (QED) is 0.399. The van der Waals surface area contributed by atoms with Gasteiger partial charge in [-0.15, -0.1) is 0 Å². The highest BCUT2D eigenvalue weighted by atomic mass is 80.0. The van der Waals surface area contributed by atoms with Crippen LogP contribution < -0.4 is 0 Å². The van der Waals surface area contributed by atoms with E-state index in [9.17, 15) is 25.3 Å². The molecule has 1 aromatic rings. The Labute approximate surface area is 229 Å². The van der Waals surface area contributed by atoms with Gasteiger partial charge in [0.2, 0.25) is 33.9 Å². The molecule has 0 saturated carbocycles. The number of alkyl halides is 9. The fraction of sp³-hybridized carbons (Fsp3) is 0.500. The van der Waals surface area contributed by atoms with Crippen LogP contribution in [0.2, 0.25) is 0 Å². The fourth-order valence-corrected chi connectivity index (χ4v) is 6.93. The van der Waals surface area contributed by atoms with Crippen molar-refractivity contribution in [2.45, 2.75) is 19.9 Å². The van der Waals surface area contributed by atoms with Gasteiger partial charge >= 0.3 is 0 Å². The van der Waals surface area contributed by atoms with E-state index in [1.54, 1.807) is 0 Å². The molecule has 156 valence electrons. The van der Waals surface area contributed by atoms with E-state index in [4.69, 9.17) is 0 Å². The van der Waals surface area contributed by atoms with E-state index in [-0.39, 0.29) is 0 Å². The highest BCUT2D eigenvalue weighted by Gasteiger charge is 2.47. The molecule has 21 heteroatoms. The molecule has 27 heavy (non-hydrogen) atoms. The number of sulfone groups is 3. The van der Waals surface area contributed by atoms with Crippen molar-refractivity contribution in [3.05, 3.63) is 0 Å². The first-order valence-electron chi connectivity index (χ1n) is 5.27. The van der Waals surface area contributed by atoms with Crippen molar-refractivity contribution in [2.24, 2.45) is 0 Å². The molecule has 1 aromatic heterocycles. The van der Waals surface area contributed by atoms with Crippen molar-refractivity contribution in [3.63, 3.8) is 0 Å². The van der Waals surface area contributed by atoms with E-state index < -0.39 is 49.4 Å². The zero-order valence-electron chi connectivity index (χ0n) is 11.4. The molecule has 0 N–H and O–H groups in total. The van der Waals surface area contributed by atoms with Gasteiger partial charge in [0.05, 0.1) is 0 Å². The van der Waals surface area contributed by atoms with Gasteiger partial charge in [-0.25, -0.2) is 25.3 Å². The van der Waals surface area contributed by atoms with Crippen molar-refractivity contribution < 1.29 is 25.3 Å². The van der Waals surface area contributed by atoms with Gasteiger partial charge in [0.15, 0.2) is 0 Å². The average molecular weight is 1030 g/mol. The molecular weight excluding hydrogens is 1030 g/mol. The van der Waals surface area contributed by atoms with E-state index in [2.05, 4.69) is 158 Å². The second kappa shape index (κ2) is 8.85. The van der Waals surface area contributed by atoms with Gasteiger partial charge in [0.1, 0.15) is 0 Å². The molecule has 0 spiro atoms. The van der Waals surface area contributed by atoms with Gasteiger partial charge in [-0.2, -0.15) is 15.0 Å². The molecule has 0 aliphatic rings. The second-order valence-corrected chi connectivity index (χ2v) is 35.0. The minimum Gasteiger partial charge on any atom is -0.217 e. The van der Waals surface area contributed by atoms with Gasteiger partial charge in [-0.05, 0) is 143 Å². The number of halogens is 9. The molecule has 0 bridgehead atoms. The first kappa shape index (κ1) is 28.2. The summed E-state index contributed by atoms with van der Waals surface area (Å²) in [6.45, 7) is 0. The molecule has 1 rings (SSSR count). The molecule has 0 aliphatic carbocycles. The van der Waals surface area contributed by atoms with Crippen LogP contribution in [0.4, 0.5) is 0 Å². The maximum absolute atomic E-state index is 12.6. The van der Waals surface area contributed by atoms with Gasteiger partial charge in [-0.3, -0.25) is 0 Å². The molecule has 0 unspecified atom stereocenters. The molecular formula is C6Br9N3O6S3. The molecule has 9 nitrogen and oxygen atoms in total. The minimum atomic E-state index is -4.57. The predicted octanol–water partition coefficient (Wildman–Crippen LogP) is 4.58. The Hall–Kier alpha value is 3.18. The Kier molecular flexibility index (Phi) is 9.24. The average Bonchev–Trinajstić information content (AvgIpc) is 2.43. The normalized spacial score (nSPS) is 15.0.